The molecule has 2 saturated heterocycles. The van der Waals surface area contributed by atoms with Gasteiger partial charge in [-0.05, 0) is 50.6 Å². The third kappa shape index (κ3) is 2.89. The fourth-order valence-corrected chi connectivity index (χ4v) is 5.06. The van der Waals surface area contributed by atoms with E-state index in [-0.39, 0.29) is 6.04 Å². The highest BCUT2D eigenvalue weighted by Gasteiger charge is 2.44. The Morgan fingerprint density at radius 3 is 2.15 bits per heavy atom. The largest absolute Gasteiger partial charge is 0.317 e. The predicted molar refractivity (Wildman–Crippen MR) is 80.1 cm³/mol. The van der Waals surface area contributed by atoms with Gasteiger partial charge in [0.25, 0.3) is 0 Å². The Bertz CT molecular complexity index is 433. The molecule has 0 aromatic rings. The molecule has 0 radical (unpaired) electrons. The van der Waals surface area contributed by atoms with Gasteiger partial charge in [0.05, 0.1) is 6.26 Å². The van der Waals surface area contributed by atoms with Gasteiger partial charge in [0.15, 0.2) is 0 Å². The van der Waals surface area contributed by atoms with E-state index in [4.69, 9.17) is 0 Å². The first kappa shape index (κ1) is 14.8. The molecule has 0 aromatic carbocycles. The van der Waals surface area contributed by atoms with Crippen molar-refractivity contribution < 1.29 is 8.42 Å². The van der Waals surface area contributed by atoms with Gasteiger partial charge < -0.3 is 5.32 Å². The van der Waals surface area contributed by atoms with E-state index in [2.05, 4.69) is 10.2 Å². The molecular weight excluding hydrogens is 274 g/mol. The molecule has 0 aromatic heterocycles. The number of nitrogens with zero attached hydrogens (tertiary/aromatic N) is 2. The van der Waals surface area contributed by atoms with Crippen molar-refractivity contribution in [1.82, 2.24) is 14.5 Å². The average molecular weight is 301 g/mol. The molecule has 1 aliphatic carbocycles. The normalized spacial score (nSPS) is 36.6. The molecule has 2 heterocycles. The highest BCUT2D eigenvalue weighted by molar-refractivity contribution is 7.88. The second-order valence-electron chi connectivity index (χ2n) is 6.86. The Morgan fingerprint density at radius 1 is 1.10 bits per heavy atom. The van der Waals surface area contributed by atoms with Gasteiger partial charge in [0.1, 0.15) is 0 Å². The van der Waals surface area contributed by atoms with E-state index in [1.807, 2.05) is 0 Å². The van der Waals surface area contributed by atoms with Crippen molar-refractivity contribution in [2.75, 3.05) is 39.5 Å². The van der Waals surface area contributed by atoms with Crippen LogP contribution in [0.5, 0.6) is 0 Å². The van der Waals surface area contributed by atoms with Crippen molar-refractivity contribution in [3.8, 4) is 0 Å². The van der Waals surface area contributed by atoms with Crippen LogP contribution in [0, 0.1) is 11.8 Å². The predicted octanol–water partition coefficient (Wildman–Crippen LogP) is 0.340. The highest BCUT2D eigenvalue weighted by atomic mass is 32.2. The van der Waals surface area contributed by atoms with Gasteiger partial charge >= 0.3 is 0 Å². The summed E-state index contributed by atoms with van der Waals surface area (Å²) in [6.45, 7) is 4.67. The van der Waals surface area contributed by atoms with Crippen LogP contribution in [0.3, 0.4) is 0 Å². The van der Waals surface area contributed by atoms with Crippen LogP contribution in [0.25, 0.3) is 0 Å². The summed E-state index contributed by atoms with van der Waals surface area (Å²) in [7, 11) is -1.30. The van der Waals surface area contributed by atoms with Gasteiger partial charge in [-0.25, -0.2) is 12.7 Å². The van der Waals surface area contributed by atoms with E-state index in [1.165, 1.54) is 32.2 Å². The Balaban J connectivity index is 1.56. The molecule has 1 N–H and O–H groups in total. The molecular formula is C14H27N3O2S. The smallest absolute Gasteiger partial charge is 0.211 e. The third-order valence-electron chi connectivity index (χ3n) is 5.62. The molecule has 1 saturated carbocycles. The molecule has 3 rings (SSSR count). The zero-order valence-corrected chi connectivity index (χ0v) is 13.4. The topological polar surface area (TPSA) is 52.6 Å². The standard InChI is InChI=1S/C14H27N3O2S/c1-16(20(2,18)19)14-7-11-9-17(10-12(11)8-14)13-3-5-15-6-4-13/h11-15H,3-10H2,1-2H3. The fourth-order valence-electron chi connectivity index (χ4n) is 4.34. The van der Waals surface area contributed by atoms with Gasteiger partial charge in [0, 0.05) is 32.2 Å². The summed E-state index contributed by atoms with van der Waals surface area (Å²) in [6.07, 6.45) is 5.96. The first-order valence-corrected chi connectivity index (χ1v) is 9.67. The van der Waals surface area contributed by atoms with Crippen LogP contribution in [-0.4, -0.2) is 69.2 Å². The molecule has 116 valence electrons. The van der Waals surface area contributed by atoms with Crippen LogP contribution in [0.1, 0.15) is 25.7 Å². The molecule has 2 aliphatic heterocycles. The highest BCUT2D eigenvalue weighted by Crippen LogP contribution is 2.41. The first-order valence-electron chi connectivity index (χ1n) is 7.83. The molecule has 2 unspecified atom stereocenters. The maximum Gasteiger partial charge on any atom is 0.211 e. The number of sulfonamides is 1. The molecule has 3 fully saturated rings. The lowest BCUT2D eigenvalue weighted by Crippen LogP contribution is -2.43. The Labute approximate surface area is 122 Å². The lowest BCUT2D eigenvalue weighted by atomic mass is 10.0. The third-order valence-corrected chi connectivity index (χ3v) is 6.96. The number of hydrogen-bond acceptors (Lipinski definition) is 4. The second-order valence-corrected chi connectivity index (χ2v) is 8.90. The van der Waals surface area contributed by atoms with Crippen LogP contribution >= 0.6 is 0 Å². The number of piperidine rings is 1. The molecule has 0 spiro atoms. The maximum absolute atomic E-state index is 11.7. The fraction of sp³-hybridized carbons (Fsp3) is 1.00. The van der Waals surface area contributed by atoms with Crippen molar-refractivity contribution in [1.29, 1.82) is 0 Å². The quantitative estimate of drug-likeness (QED) is 0.817. The number of nitrogens with one attached hydrogen (secondary N) is 1. The number of fused-ring (bicyclic) bond motifs is 1. The molecule has 20 heavy (non-hydrogen) atoms. The molecule has 0 bridgehead atoms. The second kappa shape index (κ2) is 5.55. The Morgan fingerprint density at radius 2 is 1.65 bits per heavy atom. The van der Waals surface area contributed by atoms with E-state index in [0.717, 1.165) is 32.0 Å². The van der Waals surface area contributed by atoms with E-state index < -0.39 is 10.0 Å². The van der Waals surface area contributed by atoms with Gasteiger partial charge in [-0.1, -0.05) is 0 Å². The van der Waals surface area contributed by atoms with Crippen molar-refractivity contribution in [2.45, 2.75) is 37.8 Å². The minimum atomic E-state index is -3.04. The van der Waals surface area contributed by atoms with Gasteiger partial charge in [-0.3, -0.25) is 4.90 Å². The number of likely N-dealkylation sites (tertiary alicyclic amines) is 1. The summed E-state index contributed by atoms with van der Waals surface area (Å²) >= 11 is 0. The SMILES string of the molecule is CN(C1CC2CN(C3CCNCC3)CC2C1)S(C)(=O)=O. The van der Waals surface area contributed by atoms with E-state index in [0.29, 0.717) is 11.8 Å². The van der Waals surface area contributed by atoms with E-state index >= 15 is 0 Å². The van der Waals surface area contributed by atoms with Gasteiger partial charge in [0.2, 0.25) is 10.0 Å². The van der Waals surface area contributed by atoms with Crippen molar-refractivity contribution in [2.24, 2.45) is 11.8 Å². The zero-order chi connectivity index (χ0) is 14.3. The summed E-state index contributed by atoms with van der Waals surface area (Å²) < 4.78 is 24.9. The van der Waals surface area contributed by atoms with Crippen LogP contribution < -0.4 is 5.32 Å². The van der Waals surface area contributed by atoms with E-state index in [1.54, 1.807) is 11.4 Å². The van der Waals surface area contributed by atoms with Gasteiger partial charge in [-0.2, -0.15) is 0 Å². The summed E-state index contributed by atoms with van der Waals surface area (Å²) in [5.74, 6) is 1.41. The lowest BCUT2D eigenvalue weighted by molar-refractivity contribution is 0.179. The van der Waals surface area contributed by atoms with Crippen LogP contribution in [-0.2, 0) is 10.0 Å². The minimum Gasteiger partial charge on any atom is -0.317 e. The average Bonchev–Trinajstić information content (AvgIpc) is 2.95. The monoisotopic (exact) mass is 301 g/mol. The first-order chi connectivity index (χ1) is 9.45. The van der Waals surface area contributed by atoms with Crippen LogP contribution in [0.4, 0.5) is 0 Å². The lowest BCUT2D eigenvalue weighted by Gasteiger charge is -2.32. The zero-order valence-electron chi connectivity index (χ0n) is 12.6. The summed E-state index contributed by atoms with van der Waals surface area (Å²) in [6, 6.07) is 0.989. The summed E-state index contributed by atoms with van der Waals surface area (Å²) in [4.78, 5) is 2.67. The van der Waals surface area contributed by atoms with Crippen molar-refractivity contribution in [3.05, 3.63) is 0 Å². The minimum absolute atomic E-state index is 0.232. The molecule has 5 nitrogen and oxygen atoms in total. The summed E-state index contributed by atoms with van der Waals surface area (Å²) in [5, 5.41) is 3.43. The summed E-state index contributed by atoms with van der Waals surface area (Å²) in [5.41, 5.74) is 0. The van der Waals surface area contributed by atoms with Gasteiger partial charge in [-0.15, -0.1) is 0 Å². The van der Waals surface area contributed by atoms with Crippen molar-refractivity contribution in [3.63, 3.8) is 0 Å². The van der Waals surface area contributed by atoms with Crippen LogP contribution in [0.2, 0.25) is 0 Å². The van der Waals surface area contributed by atoms with E-state index in [9.17, 15) is 8.42 Å². The van der Waals surface area contributed by atoms with Crippen LogP contribution in [0.15, 0.2) is 0 Å². The maximum atomic E-state index is 11.7. The number of rotatable bonds is 3. The molecule has 0 amide bonds. The number of hydrogen-bond donors (Lipinski definition) is 1. The Kier molecular flexibility index (Phi) is 4.10. The molecule has 2 atom stereocenters. The molecule has 6 heteroatoms. The molecule has 3 aliphatic rings. The van der Waals surface area contributed by atoms with Crippen molar-refractivity contribution >= 4 is 10.0 Å². The Hall–Kier alpha value is -0.170.